The summed E-state index contributed by atoms with van der Waals surface area (Å²) in [5, 5.41) is 3.40. The Morgan fingerprint density at radius 1 is 1.09 bits per heavy atom. The molecular weight excluding hydrogens is 506 g/mol. The first kappa shape index (κ1) is 25.0. The zero-order valence-corrected chi connectivity index (χ0v) is 21.5. The van der Waals surface area contributed by atoms with Gasteiger partial charge in [0, 0.05) is 11.1 Å². The fourth-order valence-electron chi connectivity index (χ4n) is 3.54. The van der Waals surface area contributed by atoms with Crippen molar-refractivity contribution in [3.05, 3.63) is 92.5 Å². The van der Waals surface area contributed by atoms with Gasteiger partial charge in [-0.15, -0.1) is 0 Å². The van der Waals surface area contributed by atoms with E-state index in [1.165, 1.54) is 12.1 Å². The van der Waals surface area contributed by atoms with Gasteiger partial charge in [-0.1, -0.05) is 60.2 Å². The van der Waals surface area contributed by atoms with Gasteiger partial charge in [-0.3, -0.25) is 18.9 Å². The molecule has 4 rings (SSSR count). The lowest BCUT2D eigenvalue weighted by molar-refractivity contribution is 0.0940. The minimum atomic E-state index is -4.02. The first-order valence-electron chi connectivity index (χ1n) is 11.0. The number of nitrogens with zero attached hydrogens (tertiary/aromatic N) is 1. The van der Waals surface area contributed by atoms with Crippen molar-refractivity contribution in [3.8, 4) is 0 Å². The maximum absolute atomic E-state index is 13.2. The van der Waals surface area contributed by atoms with Crippen molar-refractivity contribution in [2.75, 3.05) is 4.72 Å². The van der Waals surface area contributed by atoms with Crippen LogP contribution in [-0.4, -0.2) is 24.9 Å². The third kappa shape index (κ3) is 5.42. The predicted octanol–water partition coefficient (Wildman–Crippen LogP) is 5.09. The molecule has 1 unspecified atom stereocenters. The normalized spacial score (nSPS) is 12.4. The van der Waals surface area contributed by atoms with E-state index in [1.54, 1.807) is 41.0 Å². The van der Waals surface area contributed by atoms with Crippen molar-refractivity contribution in [3.63, 3.8) is 0 Å². The Bertz CT molecular complexity index is 1560. The van der Waals surface area contributed by atoms with Crippen LogP contribution in [0, 0.1) is 0 Å². The number of carbonyl (C=O) groups excluding carboxylic acids is 1. The number of halogens is 1. The molecule has 182 valence electrons. The van der Waals surface area contributed by atoms with Crippen LogP contribution in [0.2, 0.25) is 5.02 Å². The first-order chi connectivity index (χ1) is 16.7. The second kappa shape index (κ2) is 10.2. The van der Waals surface area contributed by atoms with Gasteiger partial charge in [0.2, 0.25) is 0 Å². The molecule has 1 heterocycles. The fourth-order valence-corrected chi connectivity index (χ4v) is 5.84. The summed E-state index contributed by atoms with van der Waals surface area (Å²) in [6, 6.07) is 18.2. The molecule has 1 amide bonds. The lowest BCUT2D eigenvalue weighted by Gasteiger charge is -2.15. The topological polar surface area (TPSA) is 97.3 Å². The third-order valence-electron chi connectivity index (χ3n) is 5.64. The van der Waals surface area contributed by atoms with Crippen molar-refractivity contribution in [1.29, 1.82) is 0 Å². The van der Waals surface area contributed by atoms with E-state index in [9.17, 15) is 18.0 Å². The van der Waals surface area contributed by atoms with Crippen LogP contribution in [0.15, 0.2) is 76.4 Å². The highest BCUT2D eigenvalue weighted by molar-refractivity contribution is 7.92. The van der Waals surface area contributed by atoms with Crippen LogP contribution in [0.3, 0.4) is 0 Å². The summed E-state index contributed by atoms with van der Waals surface area (Å²) in [5.74, 6) is -0.358. The lowest BCUT2D eigenvalue weighted by Crippen LogP contribution is -2.32. The van der Waals surface area contributed by atoms with E-state index in [4.69, 9.17) is 11.6 Å². The highest BCUT2D eigenvalue weighted by Crippen LogP contribution is 2.26. The molecule has 0 aliphatic heterocycles. The largest absolute Gasteiger partial charge is 0.350 e. The quantitative estimate of drug-likeness (QED) is 0.332. The standard InChI is InChI=1S/C25H24ClN3O4S2/c1-3-16(2)27-24(30)19-9-5-7-11-21(19)28-35(32,33)18-12-13-22-23(14-18)34-25(31)29(22)15-17-8-4-6-10-20(17)26/h4-14,16,28H,3,15H2,1-2H3,(H,27,30). The van der Waals surface area contributed by atoms with Crippen molar-refractivity contribution in [2.24, 2.45) is 0 Å². The van der Waals surface area contributed by atoms with Gasteiger partial charge in [0.15, 0.2) is 0 Å². The number of fused-ring (bicyclic) bond motifs is 1. The van der Waals surface area contributed by atoms with Crippen LogP contribution < -0.4 is 14.9 Å². The number of benzene rings is 3. The number of rotatable bonds is 8. The van der Waals surface area contributed by atoms with Crippen molar-refractivity contribution >= 4 is 54.8 Å². The number of thiazole rings is 1. The molecule has 1 atom stereocenters. The predicted molar refractivity (Wildman–Crippen MR) is 141 cm³/mol. The van der Waals surface area contributed by atoms with E-state index in [-0.39, 0.29) is 39.5 Å². The summed E-state index contributed by atoms with van der Waals surface area (Å²) in [6.07, 6.45) is 0.749. The lowest BCUT2D eigenvalue weighted by atomic mass is 10.1. The maximum Gasteiger partial charge on any atom is 0.308 e. The average molecular weight is 530 g/mol. The Hall–Kier alpha value is -3.14. The number of anilines is 1. The van der Waals surface area contributed by atoms with Crippen molar-refractivity contribution in [1.82, 2.24) is 9.88 Å². The van der Waals surface area contributed by atoms with Gasteiger partial charge in [0.25, 0.3) is 15.9 Å². The highest BCUT2D eigenvalue weighted by Gasteiger charge is 2.21. The minimum Gasteiger partial charge on any atom is -0.350 e. The molecule has 0 aliphatic carbocycles. The SMILES string of the molecule is CCC(C)NC(=O)c1ccccc1NS(=O)(=O)c1ccc2c(c1)sc(=O)n2Cc1ccccc1Cl. The number of sulfonamides is 1. The zero-order chi connectivity index (χ0) is 25.2. The van der Waals surface area contributed by atoms with E-state index >= 15 is 0 Å². The molecule has 0 saturated heterocycles. The Balaban J connectivity index is 1.65. The molecule has 35 heavy (non-hydrogen) atoms. The average Bonchev–Trinajstić information content (AvgIpc) is 3.14. The van der Waals surface area contributed by atoms with Gasteiger partial charge in [-0.25, -0.2) is 8.42 Å². The van der Waals surface area contributed by atoms with Crippen LogP contribution >= 0.6 is 22.9 Å². The summed E-state index contributed by atoms with van der Waals surface area (Å²) >= 11 is 7.22. The molecule has 0 aliphatic rings. The summed E-state index contributed by atoms with van der Waals surface area (Å²) in [6.45, 7) is 4.11. The zero-order valence-electron chi connectivity index (χ0n) is 19.1. The number of amides is 1. The van der Waals surface area contributed by atoms with Gasteiger partial charge in [0.1, 0.15) is 0 Å². The fraction of sp³-hybridized carbons (Fsp3) is 0.200. The number of nitrogens with one attached hydrogen (secondary N) is 2. The van der Waals surface area contributed by atoms with Crippen LogP contribution in [0.4, 0.5) is 5.69 Å². The van der Waals surface area contributed by atoms with Crippen LogP contribution in [0.1, 0.15) is 36.2 Å². The Kier molecular flexibility index (Phi) is 7.30. The van der Waals surface area contributed by atoms with Crippen molar-refractivity contribution < 1.29 is 13.2 Å². The summed E-state index contributed by atoms with van der Waals surface area (Å²) in [5.41, 5.74) is 1.82. The molecular formula is C25H24ClN3O4S2. The minimum absolute atomic E-state index is 0.00622. The number of carbonyl (C=O) groups is 1. The highest BCUT2D eigenvalue weighted by atomic mass is 35.5. The van der Waals surface area contributed by atoms with Gasteiger partial charge in [-0.05, 0) is 55.3 Å². The van der Waals surface area contributed by atoms with Gasteiger partial charge in [-0.2, -0.15) is 0 Å². The Morgan fingerprint density at radius 3 is 2.54 bits per heavy atom. The van der Waals surface area contributed by atoms with Crippen molar-refractivity contribution in [2.45, 2.75) is 37.8 Å². The monoisotopic (exact) mass is 529 g/mol. The molecule has 0 spiro atoms. The van der Waals surface area contributed by atoms with E-state index < -0.39 is 10.0 Å². The number of hydrogen-bond donors (Lipinski definition) is 2. The summed E-state index contributed by atoms with van der Waals surface area (Å²) in [7, 11) is -4.02. The Morgan fingerprint density at radius 2 is 1.80 bits per heavy atom. The molecule has 0 fully saturated rings. The maximum atomic E-state index is 13.2. The van der Waals surface area contributed by atoms with Gasteiger partial charge < -0.3 is 5.32 Å². The Labute approximate surface area is 212 Å². The summed E-state index contributed by atoms with van der Waals surface area (Å²) < 4.78 is 31.0. The molecule has 4 aromatic rings. The molecule has 0 saturated carbocycles. The molecule has 0 bridgehead atoms. The van der Waals surface area contributed by atoms with Crippen LogP contribution in [0.25, 0.3) is 10.2 Å². The second-order valence-electron chi connectivity index (χ2n) is 8.11. The van der Waals surface area contributed by atoms with E-state index in [2.05, 4.69) is 10.0 Å². The number of para-hydroxylation sites is 1. The second-order valence-corrected chi connectivity index (χ2v) is 11.2. The van der Waals surface area contributed by atoms with Gasteiger partial charge in [0.05, 0.1) is 32.9 Å². The van der Waals surface area contributed by atoms with E-state index in [0.717, 1.165) is 23.3 Å². The summed E-state index contributed by atoms with van der Waals surface area (Å²) in [4.78, 5) is 25.1. The van der Waals surface area contributed by atoms with Crippen LogP contribution in [0.5, 0.6) is 0 Å². The van der Waals surface area contributed by atoms with E-state index in [0.29, 0.717) is 15.2 Å². The first-order valence-corrected chi connectivity index (χ1v) is 13.7. The molecule has 7 nitrogen and oxygen atoms in total. The molecule has 1 aromatic heterocycles. The molecule has 3 aromatic carbocycles. The van der Waals surface area contributed by atoms with Gasteiger partial charge >= 0.3 is 4.87 Å². The molecule has 2 N–H and O–H groups in total. The molecule has 10 heteroatoms. The smallest absolute Gasteiger partial charge is 0.308 e. The van der Waals surface area contributed by atoms with Crippen LogP contribution in [-0.2, 0) is 16.6 Å². The number of hydrogen-bond acceptors (Lipinski definition) is 5. The third-order valence-corrected chi connectivity index (χ3v) is 8.32. The molecule has 0 radical (unpaired) electrons. The van der Waals surface area contributed by atoms with E-state index in [1.807, 2.05) is 32.0 Å². The number of aromatic nitrogens is 1.